The average Bonchev–Trinajstić information content (AvgIpc) is 2.52. The van der Waals surface area contributed by atoms with Gasteiger partial charge in [0, 0.05) is 19.4 Å². The van der Waals surface area contributed by atoms with Crippen molar-refractivity contribution >= 4 is 11.8 Å². The number of aliphatic hydroxyl groups excluding tert-OH is 1. The third-order valence-electron chi connectivity index (χ3n) is 5.54. The topological polar surface area (TPSA) is 74.6 Å². The van der Waals surface area contributed by atoms with Gasteiger partial charge in [-0.1, -0.05) is 66.2 Å². The summed E-state index contributed by atoms with van der Waals surface area (Å²) in [4.78, 5) is 22.7. The minimum absolute atomic E-state index is 0.116. The molecule has 0 bridgehead atoms. The standard InChI is InChI=1S/C23H44O4/c1-22(2,17-18-24)15-12-8-10-14-20(25)13-9-6-5-7-11-16-23(3,4)19-21(26)27/h24H,5-19H2,1-4H3,(H,26,27). The molecule has 0 aromatic carbocycles. The number of carboxylic acid groups (broad SMARTS) is 1. The van der Waals surface area contributed by atoms with E-state index in [2.05, 4.69) is 13.8 Å². The molecule has 4 heteroatoms. The van der Waals surface area contributed by atoms with Crippen molar-refractivity contribution in [2.24, 2.45) is 10.8 Å². The summed E-state index contributed by atoms with van der Waals surface area (Å²) in [7, 11) is 0. The summed E-state index contributed by atoms with van der Waals surface area (Å²) in [6.07, 6.45) is 13.2. The van der Waals surface area contributed by atoms with Crippen LogP contribution in [-0.2, 0) is 9.59 Å². The number of Topliss-reactive ketones (excluding diaryl/α,β-unsaturated/α-hetero) is 1. The van der Waals surface area contributed by atoms with E-state index in [9.17, 15) is 9.59 Å². The number of aliphatic carboxylic acids is 1. The quantitative estimate of drug-likeness (QED) is 0.278. The summed E-state index contributed by atoms with van der Waals surface area (Å²) in [6.45, 7) is 8.69. The van der Waals surface area contributed by atoms with Gasteiger partial charge in [0.2, 0.25) is 0 Å². The Kier molecular flexibility index (Phi) is 13.7. The molecule has 0 unspecified atom stereocenters. The maximum atomic E-state index is 11.9. The monoisotopic (exact) mass is 384 g/mol. The number of aliphatic hydroxyl groups is 1. The highest BCUT2D eigenvalue weighted by atomic mass is 16.4. The molecule has 4 nitrogen and oxygen atoms in total. The first-order chi connectivity index (χ1) is 12.6. The predicted octanol–water partition coefficient (Wildman–Crippen LogP) is 6.15. The molecule has 0 aromatic heterocycles. The van der Waals surface area contributed by atoms with Gasteiger partial charge in [-0.3, -0.25) is 9.59 Å². The second kappa shape index (κ2) is 14.1. The molecule has 2 N–H and O–H groups in total. The third-order valence-corrected chi connectivity index (χ3v) is 5.54. The Balaban J connectivity index is 3.53. The zero-order valence-electron chi connectivity index (χ0n) is 18.3. The van der Waals surface area contributed by atoms with Gasteiger partial charge in [0.15, 0.2) is 0 Å². The van der Waals surface area contributed by atoms with Gasteiger partial charge in [-0.2, -0.15) is 0 Å². The summed E-state index contributed by atoms with van der Waals surface area (Å²) in [6, 6.07) is 0. The van der Waals surface area contributed by atoms with E-state index in [-0.39, 0.29) is 23.9 Å². The van der Waals surface area contributed by atoms with Gasteiger partial charge in [-0.05, 0) is 42.9 Å². The van der Waals surface area contributed by atoms with E-state index in [0.29, 0.717) is 18.6 Å². The highest BCUT2D eigenvalue weighted by Gasteiger charge is 2.20. The van der Waals surface area contributed by atoms with Crippen molar-refractivity contribution in [3.05, 3.63) is 0 Å². The molecule has 0 spiro atoms. The van der Waals surface area contributed by atoms with Crippen LogP contribution in [0.3, 0.4) is 0 Å². The van der Waals surface area contributed by atoms with Crippen molar-refractivity contribution < 1.29 is 19.8 Å². The molecule has 0 rings (SSSR count). The van der Waals surface area contributed by atoms with Crippen LogP contribution in [0.2, 0.25) is 0 Å². The van der Waals surface area contributed by atoms with Gasteiger partial charge in [-0.15, -0.1) is 0 Å². The van der Waals surface area contributed by atoms with E-state index in [1.165, 1.54) is 0 Å². The van der Waals surface area contributed by atoms with Gasteiger partial charge >= 0.3 is 5.97 Å². The van der Waals surface area contributed by atoms with Crippen LogP contribution in [0, 0.1) is 10.8 Å². The molecular weight excluding hydrogens is 340 g/mol. The smallest absolute Gasteiger partial charge is 0.303 e. The molecule has 0 aromatic rings. The molecule has 0 saturated heterocycles. The molecule has 0 aliphatic rings. The molecule has 0 amide bonds. The highest BCUT2D eigenvalue weighted by molar-refractivity contribution is 5.78. The molecule has 0 aliphatic carbocycles. The summed E-state index contributed by atoms with van der Waals surface area (Å²) in [5.41, 5.74) is 0.0940. The van der Waals surface area contributed by atoms with Gasteiger partial charge in [0.1, 0.15) is 5.78 Å². The molecule has 0 fully saturated rings. The summed E-state index contributed by atoms with van der Waals surface area (Å²) in [5.74, 6) is -0.320. The number of unbranched alkanes of at least 4 members (excludes halogenated alkanes) is 6. The van der Waals surface area contributed by atoms with Crippen molar-refractivity contribution in [1.29, 1.82) is 0 Å². The number of hydrogen-bond acceptors (Lipinski definition) is 3. The SMILES string of the molecule is CC(C)(CCO)CCCCCC(=O)CCCCCCCC(C)(C)CC(=O)O. The molecule has 160 valence electrons. The summed E-state index contributed by atoms with van der Waals surface area (Å²) < 4.78 is 0. The number of carbonyl (C=O) groups is 2. The van der Waals surface area contributed by atoms with E-state index < -0.39 is 5.97 Å². The molecule has 0 radical (unpaired) electrons. The van der Waals surface area contributed by atoms with Crippen molar-refractivity contribution in [2.75, 3.05) is 6.61 Å². The zero-order valence-corrected chi connectivity index (χ0v) is 18.3. The van der Waals surface area contributed by atoms with Gasteiger partial charge in [0.25, 0.3) is 0 Å². The fourth-order valence-corrected chi connectivity index (χ4v) is 3.61. The number of carboxylic acids is 1. The summed E-state index contributed by atoms with van der Waals surface area (Å²) >= 11 is 0. The van der Waals surface area contributed by atoms with E-state index in [1.807, 2.05) is 13.8 Å². The number of rotatable bonds is 18. The van der Waals surface area contributed by atoms with Crippen LogP contribution in [0.15, 0.2) is 0 Å². The Bertz CT molecular complexity index is 413. The number of ketones is 1. The second-order valence-corrected chi connectivity index (χ2v) is 9.74. The van der Waals surface area contributed by atoms with Crippen LogP contribution < -0.4 is 0 Å². The van der Waals surface area contributed by atoms with Crippen LogP contribution in [0.4, 0.5) is 0 Å². The second-order valence-electron chi connectivity index (χ2n) is 9.74. The van der Waals surface area contributed by atoms with Gasteiger partial charge < -0.3 is 10.2 Å². The minimum Gasteiger partial charge on any atom is -0.481 e. The lowest BCUT2D eigenvalue weighted by Crippen LogP contribution is -2.16. The normalized spacial score (nSPS) is 12.3. The van der Waals surface area contributed by atoms with E-state index in [4.69, 9.17) is 10.2 Å². The van der Waals surface area contributed by atoms with Crippen molar-refractivity contribution in [3.63, 3.8) is 0 Å². The van der Waals surface area contributed by atoms with Crippen molar-refractivity contribution in [2.45, 2.75) is 118 Å². The maximum Gasteiger partial charge on any atom is 0.303 e. The lowest BCUT2D eigenvalue weighted by molar-refractivity contribution is -0.139. The van der Waals surface area contributed by atoms with Crippen LogP contribution in [0.5, 0.6) is 0 Å². The van der Waals surface area contributed by atoms with Crippen molar-refractivity contribution in [1.82, 2.24) is 0 Å². The number of carbonyl (C=O) groups excluding carboxylic acids is 1. The van der Waals surface area contributed by atoms with E-state index in [1.54, 1.807) is 0 Å². The molecular formula is C23H44O4. The Morgan fingerprint density at radius 3 is 1.63 bits per heavy atom. The first kappa shape index (κ1) is 26.1. The first-order valence-corrected chi connectivity index (χ1v) is 10.9. The molecule has 0 atom stereocenters. The van der Waals surface area contributed by atoms with Crippen LogP contribution in [-0.4, -0.2) is 28.6 Å². The Morgan fingerprint density at radius 1 is 0.667 bits per heavy atom. The van der Waals surface area contributed by atoms with Crippen molar-refractivity contribution in [3.8, 4) is 0 Å². The lowest BCUT2D eigenvalue weighted by Gasteiger charge is -2.23. The van der Waals surface area contributed by atoms with Gasteiger partial charge in [0.05, 0.1) is 6.42 Å². The first-order valence-electron chi connectivity index (χ1n) is 10.9. The molecule has 0 heterocycles. The fraction of sp³-hybridized carbons (Fsp3) is 0.913. The van der Waals surface area contributed by atoms with Crippen LogP contribution in [0.25, 0.3) is 0 Å². The Morgan fingerprint density at radius 2 is 1.11 bits per heavy atom. The molecule has 27 heavy (non-hydrogen) atoms. The maximum absolute atomic E-state index is 11.9. The van der Waals surface area contributed by atoms with Gasteiger partial charge in [-0.25, -0.2) is 0 Å². The Hall–Kier alpha value is -0.900. The third kappa shape index (κ3) is 17.0. The Labute approximate surface area is 167 Å². The lowest BCUT2D eigenvalue weighted by atomic mass is 9.83. The van der Waals surface area contributed by atoms with Crippen LogP contribution >= 0.6 is 0 Å². The van der Waals surface area contributed by atoms with Crippen LogP contribution in [0.1, 0.15) is 118 Å². The highest BCUT2D eigenvalue weighted by Crippen LogP contribution is 2.28. The van der Waals surface area contributed by atoms with E-state index in [0.717, 1.165) is 70.6 Å². The predicted molar refractivity (Wildman–Crippen MR) is 112 cm³/mol. The fourth-order valence-electron chi connectivity index (χ4n) is 3.61. The van der Waals surface area contributed by atoms with E-state index >= 15 is 0 Å². The molecule has 0 aliphatic heterocycles. The summed E-state index contributed by atoms with van der Waals surface area (Å²) in [5, 5.41) is 17.9. The minimum atomic E-state index is -0.715. The number of hydrogen-bond donors (Lipinski definition) is 2. The zero-order chi connectivity index (χ0) is 20.8. The largest absolute Gasteiger partial charge is 0.481 e. The molecule has 0 saturated carbocycles. The average molecular weight is 385 g/mol.